The third kappa shape index (κ3) is 0.925. The van der Waals surface area contributed by atoms with E-state index in [4.69, 9.17) is 5.73 Å². The number of aromatic nitrogens is 1. The smallest absolute Gasteiger partial charge is 0.165 e. The van der Waals surface area contributed by atoms with Crippen molar-refractivity contribution in [1.29, 1.82) is 0 Å². The van der Waals surface area contributed by atoms with E-state index in [1.165, 1.54) is 25.7 Å². The van der Waals surface area contributed by atoms with Crippen molar-refractivity contribution in [3.8, 4) is 0 Å². The molecular formula is C11H13FN2. The normalized spacial score (nSPS) is 34.2. The molecule has 3 rings (SSSR count). The molecule has 2 saturated carbocycles. The molecule has 0 bridgehead atoms. The number of nitrogens with two attached hydrogens (primary N) is 1. The van der Waals surface area contributed by atoms with Crippen LogP contribution in [0.2, 0.25) is 0 Å². The Labute approximate surface area is 82.3 Å². The Balaban J connectivity index is 2.01. The largest absolute Gasteiger partial charge is 0.381 e. The summed E-state index contributed by atoms with van der Waals surface area (Å²) in [4.78, 5) is 3.90. The van der Waals surface area contributed by atoms with Crippen molar-refractivity contribution in [2.75, 3.05) is 5.73 Å². The lowest BCUT2D eigenvalue weighted by Crippen LogP contribution is -2.07. The standard InChI is InChI=1S/C11H13FN2/c12-9-4-8(6-14-10(9)13)11-3-1-2-7(11)5-11/h4,6-7H,1-3,5H2,(H2,13,14). The number of nitrogens with zero attached hydrogens (tertiary/aromatic N) is 1. The Hall–Kier alpha value is -1.12. The molecule has 2 N–H and O–H groups in total. The van der Waals surface area contributed by atoms with Gasteiger partial charge in [-0.3, -0.25) is 0 Å². The molecule has 0 spiro atoms. The number of pyridine rings is 1. The third-order valence-corrected chi connectivity index (χ3v) is 3.85. The van der Waals surface area contributed by atoms with Crippen LogP contribution in [-0.4, -0.2) is 4.98 Å². The first-order valence-corrected chi connectivity index (χ1v) is 5.14. The van der Waals surface area contributed by atoms with Gasteiger partial charge in [0, 0.05) is 11.6 Å². The van der Waals surface area contributed by atoms with Gasteiger partial charge in [-0.15, -0.1) is 0 Å². The number of hydrogen-bond donors (Lipinski definition) is 1. The van der Waals surface area contributed by atoms with Crippen molar-refractivity contribution in [1.82, 2.24) is 4.98 Å². The summed E-state index contributed by atoms with van der Waals surface area (Å²) in [5, 5.41) is 0. The average molecular weight is 192 g/mol. The van der Waals surface area contributed by atoms with Crippen molar-refractivity contribution in [2.24, 2.45) is 5.92 Å². The van der Waals surface area contributed by atoms with Gasteiger partial charge in [0.15, 0.2) is 11.6 Å². The second kappa shape index (κ2) is 2.47. The fraction of sp³-hybridized carbons (Fsp3) is 0.545. The first-order valence-electron chi connectivity index (χ1n) is 5.14. The van der Waals surface area contributed by atoms with Crippen LogP contribution in [0.3, 0.4) is 0 Å². The summed E-state index contributed by atoms with van der Waals surface area (Å²) in [6.45, 7) is 0. The zero-order valence-electron chi connectivity index (χ0n) is 7.96. The van der Waals surface area contributed by atoms with Gasteiger partial charge in [-0.25, -0.2) is 9.37 Å². The number of anilines is 1. The van der Waals surface area contributed by atoms with Crippen LogP contribution in [0.1, 0.15) is 31.2 Å². The first-order chi connectivity index (χ1) is 6.72. The molecule has 0 saturated heterocycles. The fourth-order valence-electron chi connectivity index (χ4n) is 2.95. The molecule has 2 atom stereocenters. The van der Waals surface area contributed by atoms with E-state index < -0.39 is 0 Å². The number of halogens is 1. The van der Waals surface area contributed by atoms with E-state index in [9.17, 15) is 4.39 Å². The Morgan fingerprint density at radius 1 is 1.57 bits per heavy atom. The lowest BCUT2D eigenvalue weighted by Gasteiger charge is -2.12. The summed E-state index contributed by atoms with van der Waals surface area (Å²) in [7, 11) is 0. The zero-order valence-corrected chi connectivity index (χ0v) is 7.96. The second-order valence-electron chi connectivity index (χ2n) is 4.54. The summed E-state index contributed by atoms with van der Waals surface area (Å²) in [6, 6.07) is 1.58. The van der Waals surface area contributed by atoms with Gasteiger partial charge in [-0.05, 0) is 36.8 Å². The zero-order chi connectivity index (χ0) is 9.76. The van der Waals surface area contributed by atoms with E-state index in [0.717, 1.165) is 11.5 Å². The molecule has 1 aromatic rings. The van der Waals surface area contributed by atoms with E-state index in [0.29, 0.717) is 0 Å². The van der Waals surface area contributed by atoms with Crippen molar-refractivity contribution in [3.05, 3.63) is 23.6 Å². The molecule has 2 nitrogen and oxygen atoms in total. The molecule has 1 aromatic heterocycles. The fourth-order valence-corrected chi connectivity index (χ4v) is 2.95. The van der Waals surface area contributed by atoms with Gasteiger partial charge in [0.25, 0.3) is 0 Å². The lowest BCUT2D eigenvalue weighted by atomic mass is 9.95. The van der Waals surface area contributed by atoms with Crippen LogP contribution in [0.15, 0.2) is 12.3 Å². The van der Waals surface area contributed by atoms with Crippen molar-refractivity contribution >= 4 is 5.82 Å². The van der Waals surface area contributed by atoms with Crippen LogP contribution in [0.25, 0.3) is 0 Å². The highest BCUT2D eigenvalue weighted by atomic mass is 19.1. The van der Waals surface area contributed by atoms with Crippen molar-refractivity contribution in [3.63, 3.8) is 0 Å². The number of rotatable bonds is 1. The van der Waals surface area contributed by atoms with E-state index in [1.54, 1.807) is 12.3 Å². The maximum Gasteiger partial charge on any atom is 0.165 e. The van der Waals surface area contributed by atoms with Crippen LogP contribution in [-0.2, 0) is 5.41 Å². The molecule has 3 heteroatoms. The summed E-state index contributed by atoms with van der Waals surface area (Å²) >= 11 is 0. The van der Waals surface area contributed by atoms with Crippen LogP contribution in [0.4, 0.5) is 10.2 Å². The Kier molecular flexibility index (Phi) is 1.45. The molecule has 0 amide bonds. The molecular weight excluding hydrogens is 179 g/mol. The SMILES string of the molecule is Nc1ncc(C23CCCC2C3)cc1F. The van der Waals surface area contributed by atoms with E-state index in [1.807, 2.05) is 0 Å². The minimum atomic E-state index is -0.366. The maximum atomic E-state index is 13.2. The molecule has 74 valence electrons. The van der Waals surface area contributed by atoms with Gasteiger partial charge in [-0.1, -0.05) is 6.42 Å². The second-order valence-corrected chi connectivity index (χ2v) is 4.54. The van der Waals surface area contributed by atoms with E-state index in [2.05, 4.69) is 4.98 Å². The molecule has 2 aliphatic rings. The molecule has 14 heavy (non-hydrogen) atoms. The molecule has 2 unspecified atom stereocenters. The Morgan fingerprint density at radius 3 is 3.00 bits per heavy atom. The minimum Gasteiger partial charge on any atom is -0.381 e. The summed E-state index contributed by atoms with van der Waals surface area (Å²) in [6.07, 6.45) is 6.74. The van der Waals surface area contributed by atoms with Gasteiger partial charge in [0.05, 0.1) is 0 Å². The third-order valence-electron chi connectivity index (χ3n) is 3.85. The highest BCUT2D eigenvalue weighted by Crippen LogP contribution is 2.64. The van der Waals surface area contributed by atoms with E-state index >= 15 is 0 Å². The van der Waals surface area contributed by atoms with Crippen LogP contribution in [0.5, 0.6) is 0 Å². The molecule has 2 fully saturated rings. The first kappa shape index (κ1) is 8.21. The quantitative estimate of drug-likeness (QED) is 0.741. The minimum absolute atomic E-state index is 0.0142. The van der Waals surface area contributed by atoms with Gasteiger partial charge < -0.3 is 5.73 Å². The number of hydrogen-bond acceptors (Lipinski definition) is 2. The molecule has 2 aliphatic carbocycles. The lowest BCUT2D eigenvalue weighted by molar-refractivity contribution is 0.605. The Bertz CT molecular complexity index is 391. The van der Waals surface area contributed by atoms with Gasteiger partial charge in [0.1, 0.15) is 0 Å². The van der Waals surface area contributed by atoms with Crippen LogP contribution < -0.4 is 5.73 Å². The van der Waals surface area contributed by atoms with Crippen molar-refractivity contribution in [2.45, 2.75) is 31.1 Å². The highest BCUT2D eigenvalue weighted by Gasteiger charge is 2.57. The summed E-state index contributed by atoms with van der Waals surface area (Å²) < 4.78 is 13.2. The Morgan fingerprint density at radius 2 is 2.43 bits per heavy atom. The van der Waals surface area contributed by atoms with E-state index in [-0.39, 0.29) is 17.1 Å². The summed E-state index contributed by atoms with van der Waals surface area (Å²) in [5.74, 6) is 0.432. The molecule has 0 radical (unpaired) electrons. The predicted molar refractivity (Wildman–Crippen MR) is 52.2 cm³/mol. The maximum absolute atomic E-state index is 13.2. The summed E-state index contributed by atoms with van der Waals surface area (Å²) in [5.41, 5.74) is 6.70. The topological polar surface area (TPSA) is 38.9 Å². The average Bonchev–Trinajstić information content (AvgIpc) is 2.75. The van der Waals surface area contributed by atoms with Gasteiger partial charge in [0.2, 0.25) is 0 Å². The predicted octanol–water partition coefficient (Wildman–Crippen LogP) is 2.24. The number of nitrogen functional groups attached to an aromatic ring is 1. The van der Waals surface area contributed by atoms with Crippen LogP contribution in [0, 0.1) is 11.7 Å². The number of fused-ring (bicyclic) bond motifs is 1. The molecule has 1 heterocycles. The van der Waals surface area contributed by atoms with Crippen LogP contribution >= 0.6 is 0 Å². The van der Waals surface area contributed by atoms with Gasteiger partial charge >= 0.3 is 0 Å². The molecule has 0 aromatic carbocycles. The van der Waals surface area contributed by atoms with Gasteiger partial charge in [-0.2, -0.15) is 0 Å². The van der Waals surface area contributed by atoms with Crippen molar-refractivity contribution < 1.29 is 4.39 Å². The molecule has 0 aliphatic heterocycles. The highest BCUT2D eigenvalue weighted by molar-refractivity contribution is 5.39. The monoisotopic (exact) mass is 192 g/mol.